The van der Waals surface area contributed by atoms with Crippen molar-refractivity contribution in [3.05, 3.63) is 35.7 Å². The molecule has 56 valence electrons. The summed E-state index contributed by atoms with van der Waals surface area (Å²) >= 11 is 0. The van der Waals surface area contributed by atoms with Gasteiger partial charge in [0.2, 0.25) is 0 Å². The highest BCUT2D eigenvalue weighted by molar-refractivity contribution is 7.22. The Morgan fingerprint density at radius 3 is 2.50 bits per heavy atom. The fraction of sp³-hybridized carbons (Fsp3) is 0.333. The zero-order valence-corrected chi connectivity index (χ0v) is 7.83. The van der Waals surface area contributed by atoms with Crippen molar-refractivity contribution < 1.29 is 0 Å². The van der Waals surface area contributed by atoms with Crippen molar-refractivity contribution in [1.29, 1.82) is 0 Å². The van der Waals surface area contributed by atoms with Crippen molar-refractivity contribution in [3.8, 4) is 0 Å². The summed E-state index contributed by atoms with van der Waals surface area (Å²) in [5.41, 5.74) is 0. The van der Waals surface area contributed by atoms with Crippen LogP contribution in [0.25, 0.3) is 0 Å². The molecule has 1 heteroatoms. The normalized spacial score (nSPS) is 13.7. The molecular formula is C9H15P. The Kier molecular flexibility index (Phi) is 6.53. The zero-order chi connectivity index (χ0) is 7.82. The smallest absolute Gasteiger partial charge is 0.00984 e. The van der Waals surface area contributed by atoms with Gasteiger partial charge in [-0.05, 0) is 20.3 Å². The van der Waals surface area contributed by atoms with Crippen LogP contribution in [-0.4, -0.2) is 0 Å². The van der Waals surface area contributed by atoms with Crippen LogP contribution in [-0.2, 0) is 0 Å². The minimum atomic E-state index is 1.03. The molecule has 0 aromatic rings. The maximum Gasteiger partial charge on any atom is -0.00984 e. The molecule has 0 nitrogen and oxygen atoms in total. The first kappa shape index (κ1) is 9.65. The lowest BCUT2D eigenvalue weighted by atomic mass is 10.3. The van der Waals surface area contributed by atoms with Crippen LogP contribution < -0.4 is 0 Å². The van der Waals surface area contributed by atoms with Crippen molar-refractivity contribution in [1.82, 2.24) is 0 Å². The zero-order valence-electron chi connectivity index (χ0n) is 6.67. The van der Waals surface area contributed by atoms with Crippen LogP contribution in [0.2, 0.25) is 0 Å². The molecule has 0 aromatic heterocycles. The third-order valence-corrected chi connectivity index (χ3v) is 1.73. The highest BCUT2D eigenvalue weighted by Gasteiger charge is 1.78. The van der Waals surface area contributed by atoms with E-state index in [0.29, 0.717) is 0 Å². The average molecular weight is 154 g/mol. The molecule has 0 aromatic carbocycles. The summed E-state index contributed by atoms with van der Waals surface area (Å²) in [6.45, 7) is 4.06. The highest BCUT2D eigenvalue weighted by Crippen LogP contribution is 2.09. The van der Waals surface area contributed by atoms with Crippen molar-refractivity contribution >= 4 is 9.24 Å². The molecule has 0 saturated heterocycles. The monoisotopic (exact) mass is 154 g/mol. The lowest BCUT2D eigenvalue weighted by Gasteiger charge is -1.89. The summed E-state index contributed by atoms with van der Waals surface area (Å²) in [4.78, 5) is 0. The van der Waals surface area contributed by atoms with Gasteiger partial charge in [-0.3, -0.25) is 0 Å². The van der Waals surface area contributed by atoms with Crippen molar-refractivity contribution in [2.24, 2.45) is 0 Å². The fourth-order valence-corrected chi connectivity index (χ4v) is 0.648. The Morgan fingerprint density at radius 2 is 2.00 bits per heavy atom. The summed E-state index contributed by atoms with van der Waals surface area (Å²) in [5.74, 6) is 0. The summed E-state index contributed by atoms with van der Waals surface area (Å²) < 4.78 is 0. The minimum absolute atomic E-state index is 1.03. The van der Waals surface area contributed by atoms with Crippen molar-refractivity contribution in [2.45, 2.75) is 20.3 Å². The average Bonchev–Trinajstić information content (AvgIpc) is 1.98. The van der Waals surface area contributed by atoms with Gasteiger partial charge >= 0.3 is 0 Å². The Bertz CT molecular complexity index is 152. The Labute approximate surface area is 65.9 Å². The molecule has 0 fully saturated rings. The van der Waals surface area contributed by atoms with Gasteiger partial charge in [-0.25, -0.2) is 0 Å². The van der Waals surface area contributed by atoms with Crippen LogP contribution in [0, 0.1) is 0 Å². The SMILES string of the molecule is C/C=C\C=CC/C(P)=C\C. The summed E-state index contributed by atoms with van der Waals surface area (Å²) in [6.07, 6.45) is 11.4. The second kappa shape index (κ2) is 6.77. The molecule has 0 N–H and O–H groups in total. The van der Waals surface area contributed by atoms with Gasteiger partial charge in [0, 0.05) is 0 Å². The van der Waals surface area contributed by atoms with Crippen molar-refractivity contribution in [3.63, 3.8) is 0 Å². The van der Waals surface area contributed by atoms with E-state index in [1.807, 2.05) is 26.0 Å². The van der Waals surface area contributed by atoms with E-state index < -0.39 is 0 Å². The number of hydrogen-bond donors (Lipinski definition) is 0. The molecule has 0 bridgehead atoms. The predicted molar refractivity (Wildman–Crippen MR) is 52.0 cm³/mol. The first-order valence-corrected chi connectivity index (χ1v) is 4.07. The van der Waals surface area contributed by atoms with Gasteiger partial charge in [0.1, 0.15) is 0 Å². The Balaban J connectivity index is 3.53. The minimum Gasteiger partial charge on any atom is -0.110 e. The molecule has 0 amide bonds. The lowest BCUT2D eigenvalue weighted by molar-refractivity contribution is 1.34. The fourth-order valence-electron chi connectivity index (χ4n) is 0.512. The van der Waals surface area contributed by atoms with E-state index in [1.54, 1.807) is 0 Å². The standard InChI is InChI=1S/C9H15P/c1-3-5-6-7-8-9(10)4-2/h3-7H,8,10H2,1-2H3/b5-3-,7-6?,9-4+. The van der Waals surface area contributed by atoms with E-state index in [1.165, 1.54) is 5.31 Å². The van der Waals surface area contributed by atoms with Gasteiger partial charge in [-0.2, -0.15) is 0 Å². The topological polar surface area (TPSA) is 0 Å². The Hall–Kier alpha value is -0.350. The van der Waals surface area contributed by atoms with E-state index in [0.717, 1.165) is 6.42 Å². The van der Waals surface area contributed by atoms with Crippen LogP contribution in [0.1, 0.15) is 20.3 Å². The highest BCUT2D eigenvalue weighted by atomic mass is 31.0. The first-order chi connectivity index (χ1) is 4.81. The van der Waals surface area contributed by atoms with Gasteiger partial charge in [0.05, 0.1) is 0 Å². The van der Waals surface area contributed by atoms with E-state index in [9.17, 15) is 0 Å². The third-order valence-electron chi connectivity index (χ3n) is 1.16. The Morgan fingerprint density at radius 1 is 1.30 bits per heavy atom. The molecule has 0 aliphatic rings. The van der Waals surface area contributed by atoms with Gasteiger partial charge in [-0.15, -0.1) is 9.24 Å². The van der Waals surface area contributed by atoms with Gasteiger partial charge in [0.25, 0.3) is 0 Å². The summed E-state index contributed by atoms with van der Waals surface area (Å²) in [5, 5.41) is 1.33. The van der Waals surface area contributed by atoms with E-state index in [2.05, 4.69) is 27.5 Å². The summed E-state index contributed by atoms with van der Waals surface area (Å²) in [6, 6.07) is 0. The maximum atomic E-state index is 2.71. The van der Waals surface area contributed by atoms with Crippen LogP contribution in [0.3, 0.4) is 0 Å². The quantitative estimate of drug-likeness (QED) is 0.432. The van der Waals surface area contributed by atoms with Crippen LogP contribution in [0.15, 0.2) is 35.7 Å². The van der Waals surface area contributed by atoms with Crippen LogP contribution in [0.4, 0.5) is 0 Å². The van der Waals surface area contributed by atoms with Gasteiger partial charge in [0.15, 0.2) is 0 Å². The van der Waals surface area contributed by atoms with Gasteiger partial charge < -0.3 is 0 Å². The third kappa shape index (κ3) is 5.78. The van der Waals surface area contributed by atoms with E-state index >= 15 is 0 Å². The molecule has 0 aliphatic heterocycles. The van der Waals surface area contributed by atoms with E-state index in [4.69, 9.17) is 0 Å². The predicted octanol–water partition coefficient (Wildman–Crippen LogP) is 3.29. The molecule has 1 unspecified atom stereocenters. The first-order valence-electron chi connectivity index (χ1n) is 3.49. The number of allylic oxidation sites excluding steroid dienone is 6. The van der Waals surface area contributed by atoms with E-state index in [-0.39, 0.29) is 0 Å². The molecule has 0 heterocycles. The largest absolute Gasteiger partial charge is 0.110 e. The molecule has 0 radical (unpaired) electrons. The van der Waals surface area contributed by atoms with Crippen LogP contribution >= 0.6 is 9.24 Å². The molecule has 0 spiro atoms. The molecule has 10 heavy (non-hydrogen) atoms. The second-order valence-corrected chi connectivity index (χ2v) is 2.76. The van der Waals surface area contributed by atoms with Crippen molar-refractivity contribution in [2.75, 3.05) is 0 Å². The maximum absolute atomic E-state index is 2.71. The molecule has 0 saturated carbocycles. The number of rotatable bonds is 3. The summed E-state index contributed by atoms with van der Waals surface area (Å²) in [7, 11) is 2.71. The molecule has 1 atom stereocenters. The molecule has 0 aliphatic carbocycles. The molecule has 0 rings (SSSR count). The number of hydrogen-bond acceptors (Lipinski definition) is 0. The lowest BCUT2D eigenvalue weighted by Crippen LogP contribution is -1.63. The van der Waals surface area contributed by atoms with Crippen LogP contribution in [0.5, 0.6) is 0 Å². The van der Waals surface area contributed by atoms with Gasteiger partial charge in [-0.1, -0.05) is 35.7 Å². The molecular weight excluding hydrogens is 139 g/mol. The second-order valence-electron chi connectivity index (χ2n) is 2.02.